The van der Waals surface area contributed by atoms with E-state index in [1.807, 2.05) is 0 Å². The summed E-state index contributed by atoms with van der Waals surface area (Å²) in [5.41, 5.74) is 0.158. The average molecular weight is 443 g/mol. The van der Waals surface area contributed by atoms with Gasteiger partial charge in [-0.1, -0.05) is 23.7 Å². The van der Waals surface area contributed by atoms with Gasteiger partial charge in [-0.15, -0.1) is 11.8 Å². The number of carbonyl (C=O) groups is 2. The number of benzene rings is 2. The number of rotatable bonds is 6. The molecule has 2 aromatic carbocycles. The molecule has 148 valence electrons. The highest BCUT2D eigenvalue weighted by atomic mass is 35.5. The van der Waals surface area contributed by atoms with Gasteiger partial charge in [-0.25, -0.2) is 17.1 Å². The summed E-state index contributed by atoms with van der Waals surface area (Å²) in [5.74, 6) is -1.44. The molecule has 0 aromatic heterocycles. The van der Waals surface area contributed by atoms with Gasteiger partial charge in [-0.2, -0.15) is 0 Å². The summed E-state index contributed by atoms with van der Waals surface area (Å²) in [4.78, 5) is 24.5. The highest BCUT2D eigenvalue weighted by Crippen LogP contribution is 2.30. The Bertz CT molecular complexity index is 1050. The van der Waals surface area contributed by atoms with Crippen molar-refractivity contribution in [2.24, 2.45) is 0 Å². The first-order valence-electron chi connectivity index (χ1n) is 8.25. The first-order chi connectivity index (χ1) is 13.2. The van der Waals surface area contributed by atoms with Crippen molar-refractivity contribution in [3.05, 3.63) is 58.9 Å². The van der Waals surface area contributed by atoms with Crippen LogP contribution in [0.5, 0.6) is 0 Å². The molecule has 28 heavy (non-hydrogen) atoms. The minimum atomic E-state index is -3.86. The molecule has 1 heterocycles. The quantitative estimate of drug-likeness (QED) is 0.741. The van der Waals surface area contributed by atoms with E-state index < -0.39 is 32.9 Å². The van der Waals surface area contributed by atoms with Crippen molar-refractivity contribution < 1.29 is 22.4 Å². The first kappa shape index (κ1) is 20.6. The number of thioether (sulfide) groups is 1. The molecule has 3 rings (SSSR count). The summed E-state index contributed by atoms with van der Waals surface area (Å²) in [6.45, 7) is 1.55. The molecule has 2 amide bonds. The zero-order valence-corrected chi connectivity index (χ0v) is 17.1. The van der Waals surface area contributed by atoms with Gasteiger partial charge in [-0.3, -0.25) is 9.59 Å². The van der Waals surface area contributed by atoms with Gasteiger partial charge in [0.2, 0.25) is 5.91 Å². The van der Waals surface area contributed by atoms with Crippen LogP contribution in [-0.4, -0.2) is 42.1 Å². The zero-order valence-electron chi connectivity index (χ0n) is 14.7. The number of nitrogens with zero attached hydrogens (tertiary/aromatic N) is 1. The van der Waals surface area contributed by atoms with Crippen molar-refractivity contribution in [2.75, 3.05) is 17.6 Å². The normalized spacial score (nSPS) is 16.0. The molecule has 0 spiro atoms. The van der Waals surface area contributed by atoms with Gasteiger partial charge >= 0.3 is 0 Å². The molecule has 2 aromatic rings. The number of hydrogen-bond donors (Lipinski definition) is 1. The van der Waals surface area contributed by atoms with E-state index in [-0.39, 0.29) is 33.5 Å². The number of halogens is 2. The number of sulfonamides is 1. The van der Waals surface area contributed by atoms with Gasteiger partial charge in [0.15, 0.2) is 0 Å². The summed E-state index contributed by atoms with van der Waals surface area (Å²) < 4.78 is 39.5. The maximum atomic E-state index is 13.8. The van der Waals surface area contributed by atoms with Crippen molar-refractivity contribution in [2.45, 2.75) is 17.1 Å². The monoisotopic (exact) mass is 442 g/mol. The minimum Gasteiger partial charge on any atom is -0.323 e. The van der Waals surface area contributed by atoms with Crippen LogP contribution in [0.3, 0.4) is 0 Å². The second kappa shape index (κ2) is 8.10. The molecule has 0 bridgehead atoms. The Hall–Kier alpha value is -2.10. The van der Waals surface area contributed by atoms with Crippen molar-refractivity contribution in [1.29, 1.82) is 0 Å². The number of hydrogen-bond acceptors (Lipinski definition) is 5. The van der Waals surface area contributed by atoms with Crippen LogP contribution in [0.15, 0.2) is 47.4 Å². The molecule has 10 heteroatoms. The van der Waals surface area contributed by atoms with E-state index in [9.17, 15) is 22.4 Å². The van der Waals surface area contributed by atoms with Crippen LogP contribution in [0.25, 0.3) is 0 Å². The lowest BCUT2D eigenvalue weighted by Crippen LogP contribution is -2.33. The van der Waals surface area contributed by atoms with Crippen LogP contribution in [-0.2, 0) is 14.8 Å². The Morgan fingerprint density at radius 2 is 2.00 bits per heavy atom. The van der Waals surface area contributed by atoms with E-state index in [2.05, 4.69) is 5.32 Å². The van der Waals surface area contributed by atoms with Gasteiger partial charge < -0.3 is 5.32 Å². The molecule has 0 saturated carbocycles. The average Bonchev–Trinajstić information content (AvgIpc) is 2.84. The molecule has 1 atom stereocenters. The molecule has 0 radical (unpaired) electrons. The zero-order chi connectivity index (χ0) is 20.5. The second-order valence-electron chi connectivity index (χ2n) is 6.00. The van der Waals surface area contributed by atoms with E-state index in [4.69, 9.17) is 11.6 Å². The molecule has 6 nitrogen and oxygen atoms in total. The summed E-state index contributed by atoms with van der Waals surface area (Å²) in [5, 5.41) is 2.10. The van der Waals surface area contributed by atoms with E-state index in [0.717, 1.165) is 22.1 Å². The van der Waals surface area contributed by atoms with E-state index in [1.54, 1.807) is 19.1 Å². The lowest BCUT2D eigenvalue weighted by atomic mass is 10.2. The molecule has 0 aliphatic carbocycles. The molecule has 0 saturated heterocycles. The maximum absolute atomic E-state index is 13.8. The highest BCUT2D eigenvalue weighted by Gasteiger charge is 2.40. The molecular weight excluding hydrogens is 427 g/mol. The van der Waals surface area contributed by atoms with Crippen LogP contribution in [0, 0.1) is 5.82 Å². The third-order valence-electron chi connectivity index (χ3n) is 4.13. The van der Waals surface area contributed by atoms with Crippen LogP contribution in [0.4, 0.5) is 10.1 Å². The van der Waals surface area contributed by atoms with Gasteiger partial charge in [0.25, 0.3) is 15.9 Å². The Morgan fingerprint density at radius 1 is 1.29 bits per heavy atom. The fourth-order valence-corrected chi connectivity index (χ4v) is 5.36. The van der Waals surface area contributed by atoms with Crippen molar-refractivity contribution >= 4 is 50.9 Å². The van der Waals surface area contributed by atoms with E-state index in [0.29, 0.717) is 0 Å². The van der Waals surface area contributed by atoms with Crippen LogP contribution >= 0.6 is 23.4 Å². The first-order valence-corrected chi connectivity index (χ1v) is 11.1. The maximum Gasteiger partial charge on any atom is 0.269 e. The Morgan fingerprint density at radius 3 is 2.68 bits per heavy atom. The summed E-state index contributed by atoms with van der Waals surface area (Å²) in [6, 6.07) is 9.94. The smallest absolute Gasteiger partial charge is 0.269 e. The topological polar surface area (TPSA) is 83.6 Å². The third-order valence-corrected chi connectivity index (χ3v) is 7.34. The molecule has 1 N–H and O–H groups in total. The minimum absolute atomic E-state index is 0.00555. The molecule has 1 aliphatic rings. The third kappa shape index (κ3) is 4.01. The number of nitrogens with one attached hydrogen (secondary N) is 1. The van der Waals surface area contributed by atoms with Crippen molar-refractivity contribution in [3.63, 3.8) is 0 Å². The summed E-state index contributed by atoms with van der Waals surface area (Å²) >= 11 is 6.84. The van der Waals surface area contributed by atoms with Crippen molar-refractivity contribution in [1.82, 2.24) is 4.31 Å². The van der Waals surface area contributed by atoms with Crippen molar-refractivity contribution in [3.8, 4) is 0 Å². The second-order valence-corrected chi connectivity index (χ2v) is 9.72. The molecule has 0 unspecified atom stereocenters. The standard InChI is InChI=1S/C18H16ClFN2O4S2/c1-11(17(23)21-15-7-6-12(19)10-14(15)20)27-9-8-22-18(24)13-4-2-3-5-16(13)28(22,25)26/h2-7,10-11H,8-9H2,1H3,(H,21,23)/t11-/m0/s1. The highest BCUT2D eigenvalue weighted by molar-refractivity contribution is 8.00. The van der Waals surface area contributed by atoms with Crippen LogP contribution in [0.2, 0.25) is 5.02 Å². The molecular formula is C18H16ClFN2O4S2. The van der Waals surface area contributed by atoms with Gasteiger partial charge in [0.1, 0.15) is 10.7 Å². The van der Waals surface area contributed by atoms with E-state index >= 15 is 0 Å². The number of fused-ring (bicyclic) bond motifs is 1. The van der Waals surface area contributed by atoms with Crippen LogP contribution < -0.4 is 5.32 Å². The predicted molar refractivity (Wildman–Crippen MR) is 107 cm³/mol. The molecule has 1 aliphatic heterocycles. The summed E-state index contributed by atoms with van der Waals surface area (Å²) in [7, 11) is -3.86. The Kier molecular flexibility index (Phi) is 5.97. The number of anilines is 1. The Labute approximate surface area is 171 Å². The van der Waals surface area contributed by atoms with Gasteiger partial charge in [-0.05, 0) is 37.3 Å². The fraction of sp³-hybridized carbons (Fsp3) is 0.222. The van der Waals surface area contributed by atoms with Crippen LogP contribution in [0.1, 0.15) is 17.3 Å². The SMILES string of the molecule is C[C@H](SCCN1C(=O)c2ccccc2S1(=O)=O)C(=O)Nc1ccc(Cl)cc1F. The summed E-state index contributed by atoms with van der Waals surface area (Å²) in [6.07, 6.45) is 0. The molecule has 0 fully saturated rings. The largest absolute Gasteiger partial charge is 0.323 e. The van der Waals surface area contributed by atoms with E-state index in [1.165, 1.54) is 24.3 Å². The Balaban J connectivity index is 1.58. The number of amides is 2. The number of carbonyl (C=O) groups excluding carboxylic acids is 2. The lowest BCUT2D eigenvalue weighted by Gasteiger charge is -2.17. The van der Waals surface area contributed by atoms with Gasteiger partial charge in [0, 0.05) is 17.3 Å². The lowest BCUT2D eigenvalue weighted by molar-refractivity contribution is -0.115. The fourth-order valence-electron chi connectivity index (χ4n) is 2.67. The predicted octanol–water partition coefficient (Wildman–Crippen LogP) is 3.38. The van der Waals surface area contributed by atoms with Gasteiger partial charge in [0.05, 0.1) is 16.5 Å².